The maximum absolute atomic E-state index is 7.83. The Morgan fingerprint density at radius 2 is 0.869 bits per heavy atom. The third kappa shape index (κ3) is 8.25. The normalized spacial score (nSPS) is 16.5. The molecule has 6 aromatic carbocycles. The van der Waals surface area contributed by atoms with Crippen molar-refractivity contribution in [3.8, 4) is 0 Å². The van der Waals surface area contributed by atoms with E-state index in [2.05, 4.69) is 243 Å². The Balaban J connectivity index is 1.39. The van der Waals surface area contributed by atoms with Crippen LogP contribution in [0.2, 0.25) is 29.0 Å². The minimum Gasteiger partial charge on any atom is -0.414 e. The third-order valence-electron chi connectivity index (χ3n) is 13.2. The van der Waals surface area contributed by atoms with Gasteiger partial charge in [-0.2, -0.15) is 0 Å². The zero-order chi connectivity index (χ0) is 43.4. The Hall–Kier alpha value is -4.60. The van der Waals surface area contributed by atoms with Gasteiger partial charge in [-0.3, -0.25) is 0 Å². The second kappa shape index (κ2) is 18.0. The second-order valence-electron chi connectivity index (χ2n) is 19.0. The molecule has 61 heavy (non-hydrogen) atoms. The summed E-state index contributed by atoms with van der Waals surface area (Å²) in [4.78, 5) is 0. The quantitative estimate of drug-likeness (QED) is 0.0762. The Morgan fingerprint density at radius 1 is 0.541 bits per heavy atom. The highest BCUT2D eigenvalue weighted by molar-refractivity contribution is 6.99. The fourth-order valence-corrected chi connectivity index (χ4v) is 15.2. The molecular formula is C54H63BO4Si2. The molecule has 6 aromatic rings. The van der Waals surface area contributed by atoms with Crippen LogP contribution in [0.1, 0.15) is 70.2 Å². The van der Waals surface area contributed by atoms with E-state index in [4.69, 9.17) is 18.2 Å². The molecule has 0 amide bonds. The summed E-state index contributed by atoms with van der Waals surface area (Å²) in [6, 6.07) is 64.1. The summed E-state index contributed by atoms with van der Waals surface area (Å²) < 4.78 is 30.8. The van der Waals surface area contributed by atoms with Gasteiger partial charge in [0.2, 0.25) is 0 Å². The van der Waals surface area contributed by atoms with Crippen LogP contribution >= 0.6 is 0 Å². The first-order valence-electron chi connectivity index (χ1n) is 21.8. The zero-order valence-corrected chi connectivity index (χ0v) is 39.4. The molecule has 4 nitrogen and oxygen atoms in total. The highest BCUT2D eigenvalue weighted by Crippen LogP contribution is 2.60. The number of benzene rings is 6. The molecule has 314 valence electrons. The van der Waals surface area contributed by atoms with Gasteiger partial charge >= 0.3 is 7.12 Å². The van der Waals surface area contributed by atoms with Crippen molar-refractivity contribution in [1.82, 2.24) is 0 Å². The van der Waals surface area contributed by atoms with E-state index >= 15 is 0 Å². The molecule has 1 aliphatic rings. The van der Waals surface area contributed by atoms with Crippen molar-refractivity contribution in [2.45, 2.75) is 94.3 Å². The molecule has 1 saturated heterocycles. The van der Waals surface area contributed by atoms with Crippen LogP contribution in [0.3, 0.4) is 0 Å². The first-order valence-corrected chi connectivity index (χ1v) is 26.7. The van der Waals surface area contributed by atoms with Crippen molar-refractivity contribution >= 4 is 34.1 Å². The fraction of sp³-hybridized carbons (Fsp3) is 0.296. The van der Waals surface area contributed by atoms with E-state index in [1.165, 1.54) is 10.4 Å². The largest absolute Gasteiger partial charge is 0.468 e. The van der Waals surface area contributed by atoms with Gasteiger partial charge in [0.15, 0.2) is 8.32 Å². The van der Waals surface area contributed by atoms with Gasteiger partial charge < -0.3 is 18.2 Å². The van der Waals surface area contributed by atoms with E-state index in [1.54, 1.807) is 0 Å². The molecule has 2 atom stereocenters. The predicted molar refractivity (Wildman–Crippen MR) is 259 cm³/mol. The van der Waals surface area contributed by atoms with Gasteiger partial charge in [-0.1, -0.05) is 230 Å². The molecule has 1 aliphatic heterocycles. The Bertz CT molecular complexity index is 2090. The molecule has 7 rings (SSSR count). The summed E-state index contributed by atoms with van der Waals surface area (Å²) in [6.45, 7) is 23.6. The van der Waals surface area contributed by atoms with E-state index in [0.29, 0.717) is 13.0 Å². The van der Waals surface area contributed by atoms with E-state index < -0.39 is 35.0 Å². The zero-order valence-electron chi connectivity index (χ0n) is 37.4. The SMILES string of the molecule is C=C[C@H](B1OC(c2ccccc2)(c2ccccc2)C(c2ccccc2)(c2ccccc2)O1)[C@@H](CCO[Si](c1ccccc1)(c1ccccc1)C(C)(C)C)O[Si](C)(C)C(C)(C)C. The van der Waals surface area contributed by atoms with Crippen LogP contribution < -0.4 is 10.4 Å². The highest BCUT2D eigenvalue weighted by atomic mass is 28.4. The van der Waals surface area contributed by atoms with E-state index in [1.807, 2.05) is 6.08 Å². The summed E-state index contributed by atoms with van der Waals surface area (Å²) in [7, 11) is -5.99. The number of hydrogen-bond donors (Lipinski definition) is 0. The number of rotatable bonds is 15. The van der Waals surface area contributed by atoms with Gasteiger partial charge in [-0.05, 0) is 62.2 Å². The van der Waals surface area contributed by atoms with Crippen molar-refractivity contribution in [3.63, 3.8) is 0 Å². The van der Waals surface area contributed by atoms with Gasteiger partial charge in [-0.15, -0.1) is 6.58 Å². The lowest BCUT2D eigenvalue weighted by atomic mass is 9.66. The van der Waals surface area contributed by atoms with Crippen LogP contribution in [0, 0.1) is 0 Å². The summed E-state index contributed by atoms with van der Waals surface area (Å²) in [5.74, 6) is -0.377. The summed E-state index contributed by atoms with van der Waals surface area (Å²) in [6.07, 6.45) is 2.29. The Labute approximate surface area is 368 Å². The molecule has 7 heteroatoms. The average molecular weight is 843 g/mol. The molecule has 0 spiro atoms. The number of hydrogen-bond acceptors (Lipinski definition) is 4. The maximum atomic E-state index is 7.83. The molecule has 0 bridgehead atoms. The smallest absolute Gasteiger partial charge is 0.414 e. The minimum absolute atomic E-state index is 0.0527. The van der Waals surface area contributed by atoms with Crippen molar-refractivity contribution in [3.05, 3.63) is 217 Å². The van der Waals surface area contributed by atoms with Crippen molar-refractivity contribution in [2.75, 3.05) is 6.61 Å². The summed E-state index contributed by atoms with van der Waals surface area (Å²) >= 11 is 0. The molecule has 0 radical (unpaired) electrons. The van der Waals surface area contributed by atoms with Crippen molar-refractivity contribution < 1.29 is 18.2 Å². The fourth-order valence-electron chi connectivity index (χ4n) is 9.22. The third-order valence-corrected chi connectivity index (χ3v) is 22.8. The van der Waals surface area contributed by atoms with Gasteiger partial charge in [0.25, 0.3) is 8.32 Å². The maximum Gasteiger partial charge on any atom is 0.468 e. The Morgan fingerprint density at radius 3 is 1.16 bits per heavy atom. The molecule has 0 aliphatic carbocycles. The standard InChI is InChI=1S/C54H63BO4Si2/c1-10-49(50(57-60(8,9)51(2,3)4)41-42-56-61(52(5,6)7,47-37-25-15-26-38-47)48-39-27-16-28-40-48)55-58-53(43-29-17-11-18-30-43,44-31-19-12-20-32-44)54(59-55,45-33-21-13-22-34-45)46-35-23-14-24-36-46/h10-40,49-50H,1,41-42H2,2-9H3/t49-,50+/m0/s1. The molecule has 1 heterocycles. The first-order chi connectivity index (χ1) is 29.2. The first kappa shape index (κ1) is 44.5. The Kier molecular flexibility index (Phi) is 13.1. The summed E-state index contributed by atoms with van der Waals surface area (Å²) in [5.41, 5.74) is 1.76. The van der Waals surface area contributed by atoms with Gasteiger partial charge in [-0.25, -0.2) is 0 Å². The van der Waals surface area contributed by atoms with Crippen LogP contribution in [-0.4, -0.2) is 36.5 Å². The van der Waals surface area contributed by atoms with Gasteiger partial charge in [0.05, 0.1) is 6.10 Å². The van der Waals surface area contributed by atoms with E-state index in [0.717, 1.165) is 22.3 Å². The molecule has 0 saturated carbocycles. The molecule has 1 fully saturated rings. The van der Waals surface area contributed by atoms with Crippen LogP contribution in [-0.2, 0) is 29.4 Å². The minimum atomic E-state index is -2.84. The predicted octanol–water partition coefficient (Wildman–Crippen LogP) is 12.3. The highest BCUT2D eigenvalue weighted by Gasteiger charge is 2.67. The lowest BCUT2D eigenvalue weighted by molar-refractivity contribution is 0.00370. The van der Waals surface area contributed by atoms with Crippen LogP contribution in [0.4, 0.5) is 0 Å². The van der Waals surface area contributed by atoms with E-state index in [9.17, 15) is 0 Å². The molecule has 0 N–H and O–H groups in total. The van der Waals surface area contributed by atoms with Crippen LogP contribution in [0.25, 0.3) is 0 Å². The molecule has 0 unspecified atom stereocenters. The lowest BCUT2D eigenvalue weighted by Gasteiger charge is -2.46. The van der Waals surface area contributed by atoms with Crippen LogP contribution in [0.15, 0.2) is 195 Å². The van der Waals surface area contributed by atoms with Crippen molar-refractivity contribution in [1.29, 1.82) is 0 Å². The lowest BCUT2D eigenvalue weighted by Crippen LogP contribution is -2.66. The average Bonchev–Trinajstić information content (AvgIpc) is 3.64. The van der Waals surface area contributed by atoms with Gasteiger partial charge in [0.1, 0.15) is 11.2 Å². The van der Waals surface area contributed by atoms with Gasteiger partial charge in [0, 0.05) is 12.4 Å². The summed E-state index contributed by atoms with van der Waals surface area (Å²) in [5, 5.41) is 2.29. The van der Waals surface area contributed by atoms with Crippen molar-refractivity contribution in [2.24, 2.45) is 0 Å². The second-order valence-corrected chi connectivity index (χ2v) is 28.0. The van der Waals surface area contributed by atoms with E-state index in [-0.39, 0.29) is 22.0 Å². The topological polar surface area (TPSA) is 36.9 Å². The molecule has 0 aromatic heterocycles. The molecular weight excluding hydrogens is 780 g/mol. The monoisotopic (exact) mass is 842 g/mol. The van der Waals surface area contributed by atoms with Crippen LogP contribution in [0.5, 0.6) is 0 Å².